The molecular weight excluding hydrogens is 851 g/mol. The quantitative estimate of drug-likeness (QED) is 0.0390. The second-order valence-corrected chi connectivity index (χ2v) is 22.5. The van der Waals surface area contributed by atoms with Gasteiger partial charge in [-0.1, -0.05) is 354 Å². The van der Waals surface area contributed by atoms with Gasteiger partial charge in [-0.3, -0.25) is 4.79 Å². The van der Waals surface area contributed by atoms with Crippen molar-refractivity contribution >= 4 is 5.91 Å². The van der Waals surface area contributed by atoms with E-state index in [1.807, 2.05) is 0 Å². The van der Waals surface area contributed by atoms with E-state index in [1.54, 1.807) is 0 Å². The Kier molecular flexibility index (Phi) is 57.6. The topological polar surface area (TPSA) is 110 Å². The minimum Gasteiger partial charge on any atom is -0.394 e. The summed E-state index contributed by atoms with van der Waals surface area (Å²) in [5.41, 5.74) is 0. The monoisotopic (exact) mass is 978 g/mol. The molecule has 0 fully saturated rings. The van der Waals surface area contributed by atoms with Gasteiger partial charge in [-0.25, -0.2) is 0 Å². The maximum atomic E-state index is 12.6. The number of carbonyl (C=O) groups excluding carboxylic acids is 1. The Morgan fingerprint density at radius 2 is 0.493 bits per heavy atom. The molecule has 0 saturated heterocycles. The van der Waals surface area contributed by atoms with Crippen molar-refractivity contribution in [3.8, 4) is 0 Å². The van der Waals surface area contributed by atoms with Crippen LogP contribution in [0.25, 0.3) is 0 Å². The Bertz CT molecular complexity index is 964. The largest absolute Gasteiger partial charge is 0.394 e. The van der Waals surface area contributed by atoms with Gasteiger partial charge in [0.15, 0.2) is 0 Å². The minimum atomic E-state index is -1.26. The SMILES string of the molecule is CCCCCCCCCCCCCCCCCCCCCCCCCCCCCC(O)C(O)C(CO)NC(=O)C(O)CCCCCCCCCCCCCCCCCCCCCCCCCCCC. The third-order valence-electron chi connectivity index (χ3n) is 15.6. The first-order valence-electron chi connectivity index (χ1n) is 31.9. The number of rotatable bonds is 60. The third kappa shape index (κ3) is 52.0. The van der Waals surface area contributed by atoms with Gasteiger partial charge in [0.1, 0.15) is 12.2 Å². The average Bonchev–Trinajstić information content (AvgIpc) is 3.35. The zero-order chi connectivity index (χ0) is 50.2. The summed E-state index contributed by atoms with van der Waals surface area (Å²) in [5, 5.41) is 44.2. The zero-order valence-electron chi connectivity index (χ0n) is 47.1. The summed E-state index contributed by atoms with van der Waals surface area (Å²) >= 11 is 0. The van der Waals surface area contributed by atoms with Crippen molar-refractivity contribution in [2.75, 3.05) is 6.61 Å². The second-order valence-electron chi connectivity index (χ2n) is 22.5. The molecule has 0 aromatic heterocycles. The van der Waals surface area contributed by atoms with Crippen LogP contribution in [-0.4, -0.2) is 57.3 Å². The highest BCUT2D eigenvalue weighted by atomic mass is 16.3. The average molecular weight is 979 g/mol. The van der Waals surface area contributed by atoms with E-state index in [0.717, 1.165) is 38.5 Å². The van der Waals surface area contributed by atoms with Crippen molar-refractivity contribution in [2.45, 2.75) is 391 Å². The zero-order valence-corrected chi connectivity index (χ0v) is 47.1. The Balaban J connectivity index is 3.54. The molecule has 1 amide bonds. The van der Waals surface area contributed by atoms with Crippen molar-refractivity contribution < 1.29 is 25.2 Å². The van der Waals surface area contributed by atoms with Crippen molar-refractivity contribution in [3.63, 3.8) is 0 Å². The van der Waals surface area contributed by atoms with Crippen LogP contribution < -0.4 is 5.32 Å². The van der Waals surface area contributed by atoms with Crippen LogP contribution in [0.5, 0.6) is 0 Å². The van der Waals surface area contributed by atoms with Crippen LogP contribution in [0.3, 0.4) is 0 Å². The Morgan fingerprint density at radius 3 is 0.696 bits per heavy atom. The van der Waals surface area contributed by atoms with Gasteiger partial charge in [0, 0.05) is 0 Å². The van der Waals surface area contributed by atoms with Gasteiger partial charge in [-0.15, -0.1) is 0 Å². The Labute approximate surface area is 432 Å². The second kappa shape index (κ2) is 58.2. The molecule has 6 heteroatoms. The predicted molar refractivity (Wildman–Crippen MR) is 302 cm³/mol. The Hall–Kier alpha value is -0.690. The van der Waals surface area contributed by atoms with E-state index in [-0.39, 0.29) is 0 Å². The first-order valence-corrected chi connectivity index (χ1v) is 31.9. The van der Waals surface area contributed by atoms with E-state index in [2.05, 4.69) is 19.2 Å². The van der Waals surface area contributed by atoms with Crippen molar-refractivity contribution in [1.82, 2.24) is 5.32 Å². The van der Waals surface area contributed by atoms with Gasteiger partial charge in [-0.05, 0) is 12.8 Å². The molecule has 0 heterocycles. The van der Waals surface area contributed by atoms with E-state index < -0.39 is 36.9 Å². The summed E-state index contributed by atoms with van der Waals surface area (Å²) in [6.07, 6.45) is 69.1. The van der Waals surface area contributed by atoms with Crippen LogP contribution >= 0.6 is 0 Å². The van der Waals surface area contributed by atoms with Crippen LogP contribution in [0.15, 0.2) is 0 Å². The van der Waals surface area contributed by atoms with E-state index in [9.17, 15) is 25.2 Å². The smallest absolute Gasteiger partial charge is 0.249 e. The number of hydrogen-bond donors (Lipinski definition) is 5. The molecule has 0 rings (SSSR count). The molecule has 6 nitrogen and oxygen atoms in total. The molecule has 414 valence electrons. The van der Waals surface area contributed by atoms with Crippen LogP contribution in [0, 0.1) is 0 Å². The molecule has 0 bridgehead atoms. The van der Waals surface area contributed by atoms with E-state index >= 15 is 0 Å². The van der Waals surface area contributed by atoms with Crippen LogP contribution in [-0.2, 0) is 4.79 Å². The van der Waals surface area contributed by atoms with Gasteiger partial charge in [-0.2, -0.15) is 0 Å². The molecule has 0 aliphatic carbocycles. The summed E-state index contributed by atoms with van der Waals surface area (Å²) in [7, 11) is 0. The highest BCUT2D eigenvalue weighted by Gasteiger charge is 2.28. The standard InChI is InChI=1S/C63H127NO5/c1-3-5-7-9-11-13-15-17-19-21-23-25-27-29-31-33-34-36-38-40-42-44-46-48-50-52-54-56-60(66)62(68)59(58-65)64-63(69)61(67)57-55-53-51-49-47-45-43-41-39-37-35-32-30-28-26-24-22-20-18-16-14-12-10-8-6-4-2/h59-62,65-68H,3-58H2,1-2H3,(H,64,69). The van der Waals surface area contributed by atoms with Crippen molar-refractivity contribution in [1.29, 1.82) is 0 Å². The number of hydrogen-bond acceptors (Lipinski definition) is 5. The van der Waals surface area contributed by atoms with Crippen LogP contribution in [0.1, 0.15) is 367 Å². The molecule has 4 unspecified atom stereocenters. The molecule has 4 atom stereocenters. The molecule has 0 saturated carbocycles. The summed E-state index contributed by atoms with van der Waals surface area (Å²) < 4.78 is 0. The molecule has 0 aliphatic heterocycles. The Morgan fingerprint density at radius 1 is 0.304 bits per heavy atom. The maximum Gasteiger partial charge on any atom is 0.249 e. The minimum absolute atomic E-state index is 0.377. The molecule has 0 aromatic rings. The van der Waals surface area contributed by atoms with E-state index in [1.165, 1.54) is 302 Å². The van der Waals surface area contributed by atoms with E-state index in [4.69, 9.17) is 0 Å². The molecule has 0 aromatic carbocycles. The number of aliphatic hydroxyl groups excluding tert-OH is 4. The lowest BCUT2D eigenvalue weighted by Crippen LogP contribution is -2.53. The lowest BCUT2D eigenvalue weighted by atomic mass is 9.99. The fraction of sp³-hybridized carbons (Fsp3) is 0.984. The normalized spacial score (nSPS) is 13.5. The number of carbonyl (C=O) groups is 1. The summed E-state index contributed by atoms with van der Waals surface area (Å²) in [6, 6.07) is -0.981. The molecule has 0 spiro atoms. The highest BCUT2D eigenvalue weighted by Crippen LogP contribution is 2.20. The number of nitrogens with one attached hydrogen (secondary N) is 1. The van der Waals surface area contributed by atoms with Gasteiger partial charge in [0.2, 0.25) is 5.91 Å². The molecular formula is C63H127NO5. The number of amides is 1. The van der Waals surface area contributed by atoms with Gasteiger partial charge >= 0.3 is 0 Å². The maximum absolute atomic E-state index is 12.6. The van der Waals surface area contributed by atoms with Gasteiger partial charge < -0.3 is 25.7 Å². The molecule has 5 N–H and O–H groups in total. The fourth-order valence-electron chi connectivity index (χ4n) is 10.6. The summed E-state index contributed by atoms with van der Waals surface area (Å²) in [4.78, 5) is 12.6. The fourth-order valence-corrected chi connectivity index (χ4v) is 10.6. The van der Waals surface area contributed by atoms with Crippen molar-refractivity contribution in [2.24, 2.45) is 0 Å². The predicted octanol–water partition coefficient (Wildman–Crippen LogP) is 19.0. The molecule has 0 aliphatic rings. The lowest BCUT2D eigenvalue weighted by molar-refractivity contribution is -0.132. The van der Waals surface area contributed by atoms with Gasteiger partial charge in [0.05, 0.1) is 18.8 Å². The van der Waals surface area contributed by atoms with Crippen LogP contribution in [0.2, 0.25) is 0 Å². The van der Waals surface area contributed by atoms with Crippen molar-refractivity contribution in [3.05, 3.63) is 0 Å². The lowest BCUT2D eigenvalue weighted by Gasteiger charge is -2.27. The summed E-state index contributed by atoms with van der Waals surface area (Å²) in [5.74, 6) is -0.574. The highest BCUT2D eigenvalue weighted by molar-refractivity contribution is 5.80. The van der Waals surface area contributed by atoms with E-state index in [0.29, 0.717) is 12.8 Å². The first-order chi connectivity index (χ1) is 34.0. The third-order valence-corrected chi connectivity index (χ3v) is 15.6. The van der Waals surface area contributed by atoms with Gasteiger partial charge in [0.25, 0.3) is 0 Å². The molecule has 69 heavy (non-hydrogen) atoms. The summed E-state index contributed by atoms with van der Waals surface area (Å²) in [6.45, 7) is 4.11. The van der Waals surface area contributed by atoms with Crippen LogP contribution in [0.4, 0.5) is 0 Å². The molecule has 0 radical (unpaired) electrons. The first kappa shape index (κ1) is 68.3. The number of aliphatic hydroxyl groups is 4. The number of unbranched alkanes of at least 4 members (excludes halogenated alkanes) is 51.